The predicted octanol–water partition coefficient (Wildman–Crippen LogP) is 7.72. The van der Waals surface area contributed by atoms with Crippen molar-refractivity contribution in [1.29, 1.82) is 0 Å². The van der Waals surface area contributed by atoms with E-state index in [1.165, 1.54) is 30.5 Å². The SMILES string of the molecule is C1=CC2=C(c3ccccc3)c3c[nH]c(c3)C(c3ccccc3)=C3C=CC(=N3)C(c3ccccc3)=c3ccc([se]3)=C(c3ccccc3)C1=N2. The average Bonchev–Trinajstić information content (AvgIpc) is 3.98. The zero-order chi connectivity index (χ0) is 31.9. The molecular formula is C44H29N3Se. The summed E-state index contributed by atoms with van der Waals surface area (Å²) < 4.78 is 2.61. The normalized spacial score (nSPS) is 15.3. The van der Waals surface area contributed by atoms with E-state index in [9.17, 15) is 0 Å². The van der Waals surface area contributed by atoms with Gasteiger partial charge in [0.1, 0.15) is 0 Å². The molecular weight excluding hydrogens is 649 g/mol. The second-order valence-electron chi connectivity index (χ2n) is 11.9. The van der Waals surface area contributed by atoms with Crippen molar-refractivity contribution in [2.24, 2.45) is 9.98 Å². The van der Waals surface area contributed by atoms with E-state index in [-0.39, 0.29) is 14.5 Å². The van der Waals surface area contributed by atoms with Crippen LogP contribution in [0.2, 0.25) is 0 Å². The number of nitrogens with zero attached hydrogens (tertiary/aromatic N) is 2. The zero-order valence-electron chi connectivity index (χ0n) is 26.0. The Balaban J connectivity index is 1.42. The van der Waals surface area contributed by atoms with Gasteiger partial charge in [0.05, 0.1) is 0 Å². The van der Waals surface area contributed by atoms with E-state index in [1.807, 2.05) is 0 Å². The summed E-state index contributed by atoms with van der Waals surface area (Å²) in [7, 11) is 0. The van der Waals surface area contributed by atoms with E-state index in [4.69, 9.17) is 9.98 Å². The average molecular weight is 679 g/mol. The first kappa shape index (κ1) is 28.4. The second kappa shape index (κ2) is 12.1. The van der Waals surface area contributed by atoms with Gasteiger partial charge in [-0.15, -0.1) is 0 Å². The summed E-state index contributed by atoms with van der Waals surface area (Å²) in [4.78, 5) is 14.4. The van der Waals surface area contributed by atoms with Gasteiger partial charge in [0.15, 0.2) is 0 Å². The van der Waals surface area contributed by atoms with Crippen molar-refractivity contribution < 1.29 is 0 Å². The summed E-state index contributed by atoms with van der Waals surface area (Å²) in [6.45, 7) is 0. The van der Waals surface area contributed by atoms with E-state index in [2.05, 4.69) is 175 Å². The number of rotatable bonds is 4. The van der Waals surface area contributed by atoms with Gasteiger partial charge in [-0.1, -0.05) is 0 Å². The molecule has 3 aliphatic rings. The number of allylic oxidation sites excluding steroid dienone is 4. The molecule has 9 rings (SSSR count). The van der Waals surface area contributed by atoms with Gasteiger partial charge < -0.3 is 0 Å². The molecule has 0 unspecified atom stereocenters. The Morgan fingerprint density at radius 2 is 0.812 bits per heavy atom. The molecule has 8 bridgehead atoms. The van der Waals surface area contributed by atoms with Crippen molar-refractivity contribution in [2.75, 3.05) is 0 Å². The molecule has 3 aliphatic heterocycles. The van der Waals surface area contributed by atoms with Crippen molar-refractivity contribution in [3.8, 4) is 0 Å². The van der Waals surface area contributed by atoms with Crippen LogP contribution in [0, 0.1) is 0 Å². The molecule has 0 atom stereocenters. The van der Waals surface area contributed by atoms with Crippen LogP contribution in [0.15, 0.2) is 191 Å². The van der Waals surface area contributed by atoms with E-state index in [0.717, 1.165) is 56.3 Å². The van der Waals surface area contributed by atoms with E-state index in [1.54, 1.807) is 0 Å². The number of hydrogen-bond acceptors (Lipinski definition) is 2. The third-order valence-electron chi connectivity index (χ3n) is 8.89. The quantitative estimate of drug-likeness (QED) is 0.186. The standard InChI is InChI=1S/C44H29N3Se/c1-5-13-29(14-6-1)41-33-27-38(45-28-33)42(30-15-7-2-8-16-30)35-22-24-37(47-35)44(32-19-11-4-12-20-32)40-26-25-39(48-40)43(31-17-9-3-10-18-31)36-23-21-34(41)46-36/h1-28,45H. The van der Waals surface area contributed by atoms with Gasteiger partial charge in [-0.25, -0.2) is 0 Å². The molecule has 0 aliphatic carbocycles. The van der Waals surface area contributed by atoms with Crippen LogP contribution in [0.1, 0.15) is 33.5 Å². The maximum atomic E-state index is 5.40. The maximum absolute atomic E-state index is 5.40. The predicted molar refractivity (Wildman–Crippen MR) is 199 cm³/mol. The Morgan fingerprint density at radius 3 is 1.29 bits per heavy atom. The fourth-order valence-corrected chi connectivity index (χ4v) is 9.16. The topological polar surface area (TPSA) is 40.5 Å². The molecule has 0 spiro atoms. The first-order chi connectivity index (χ1) is 23.8. The molecule has 6 aromatic rings. The van der Waals surface area contributed by atoms with Crippen molar-refractivity contribution >= 4 is 48.2 Å². The third kappa shape index (κ3) is 5.09. The molecule has 4 heteroatoms. The molecule has 1 N–H and O–H groups in total. The fourth-order valence-electron chi connectivity index (χ4n) is 6.73. The van der Waals surface area contributed by atoms with Crippen molar-refractivity contribution in [3.05, 3.63) is 223 Å². The summed E-state index contributed by atoms with van der Waals surface area (Å²) in [6, 6.07) is 49.4. The molecule has 0 amide bonds. The molecule has 5 heterocycles. The molecule has 2 aromatic heterocycles. The van der Waals surface area contributed by atoms with Gasteiger partial charge in [0.25, 0.3) is 0 Å². The van der Waals surface area contributed by atoms with Crippen molar-refractivity contribution in [2.45, 2.75) is 0 Å². The van der Waals surface area contributed by atoms with E-state index >= 15 is 0 Å². The molecule has 3 nitrogen and oxygen atoms in total. The zero-order valence-corrected chi connectivity index (χ0v) is 27.7. The summed E-state index contributed by atoms with van der Waals surface area (Å²) >= 11 is 0.0230. The minimum atomic E-state index is 0.0230. The number of H-pyrrole nitrogens is 1. The van der Waals surface area contributed by atoms with Crippen molar-refractivity contribution in [3.63, 3.8) is 0 Å². The number of fused-ring (bicyclic) bond motifs is 6. The second-order valence-corrected chi connectivity index (χ2v) is 14.1. The minimum absolute atomic E-state index is 0.0230. The molecule has 48 heavy (non-hydrogen) atoms. The van der Waals surface area contributed by atoms with Crippen LogP contribution < -0.4 is 8.19 Å². The number of aromatic amines is 1. The summed E-state index contributed by atoms with van der Waals surface area (Å²) in [5.74, 6) is 0. The van der Waals surface area contributed by atoms with E-state index in [0.29, 0.717) is 0 Å². The molecule has 0 fully saturated rings. The van der Waals surface area contributed by atoms with Gasteiger partial charge in [0, 0.05) is 0 Å². The fraction of sp³-hybridized carbons (Fsp3) is 0. The van der Waals surface area contributed by atoms with Gasteiger partial charge in [-0.3, -0.25) is 0 Å². The number of aromatic nitrogens is 1. The first-order valence-corrected chi connectivity index (χ1v) is 17.8. The molecule has 226 valence electrons. The van der Waals surface area contributed by atoms with Crippen LogP contribution in [-0.4, -0.2) is 30.9 Å². The molecule has 0 saturated heterocycles. The van der Waals surface area contributed by atoms with Gasteiger partial charge >= 0.3 is 286 Å². The first-order valence-electron chi connectivity index (χ1n) is 16.1. The Labute approximate surface area is 285 Å². The molecule has 4 aromatic carbocycles. The van der Waals surface area contributed by atoms with Gasteiger partial charge in [-0.2, -0.15) is 0 Å². The van der Waals surface area contributed by atoms with Crippen molar-refractivity contribution in [1.82, 2.24) is 4.98 Å². The Hall–Kier alpha value is -5.80. The molecule has 0 radical (unpaired) electrons. The van der Waals surface area contributed by atoms with Crippen LogP contribution >= 0.6 is 0 Å². The summed E-state index contributed by atoms with van der Waals surface area (Å²) in [5, 5.41) is 0. The monoisotopic (exact) mass is 679 g/mol. The van der Waals surface area contributed by atoms with Crippen LogP contribution in [0.3, 0.4) is 0 Å². The third-order valence-corrected chi connectivity index (χ3v) is 11.2. The Morgan fingerprint density at radius 1 is 0.396 bits per heavy atom. The summed E-state index contributed by atoms with van der Waals surface area (Å²) in [6.07, 6.45) is 10.8. The van der Waals surface area contributed by atoms with Gasteiger partial charge in [0.2, 0.25) is 0 Å². The van der Waals surface area contributed by atoms with Crippen LogP contribution in [0.25, 0.3) is 22.3 Å². The number of nitrogens with one attached hydrogen (secondary N) is 1. The number of benzene rings is 4. The van der Waals surface area contributed by atoms with Crippen LogP contribution in [-0.2, 0) is 0 Å². The Kier molecular flexibility index (Phi) is 7.16. The van der Waals surface area contributed by atoms with E-state index < -0.39 is 0 Å². The number of aliphatic imine (C=N–C) groups is 2. The Bertz CT molecular complexity index is 2330. The van der Waals surface area contributed by atoms with Crippen LogP contribution in [0.4, 0.5) is 0 Å². The molecule has 0 saturated carbocycles. The van der Waals surface area contributed by atoms with Crippen LogP contribution in [0.5, 0.6) is 0 Å². The number of hydrogen-bond donors (Lipinski definition) is 1. The summed E-state index contributed by atoms with van der Waals surface area (Å²) in [5.41, 5.74) is 15.1. The van der Waals surface area contributed by atoms with Gasteiger partial charge in [-0.05, 0) is 0 Å².